The first-order valence-corrected chi connectivity index (χ1v) is 41.2. The van der Waals surface area contributed by atoms with E-state index in [9.17, 15) is 134 Å². The van der Waals surface area contributed by atoms with Gasteiger partial charge in [0.05, 0.1) is 42.4 Å². The number of amides is 8. The number of carboxylic acids is 4. The third-order valence-electron chi connectivity index (χ3n) is 20.5. The molecule has 8 aromatic carbocycles. The number of pyridine rings is 4. The minimum atomic E-state index is -4.49. The van der Waals surface area contributed by atoms with Crippen molar-refractivity contribution in [2.75, 3.05) is 28.4 Å². The van der Waals surface area contributed by atoms with Crippen molar-refractivity contribution in [3.05, 3.63) is 362 Å². The molecule has 4 atom stereocenters. The molecule has 0 aliphatic heterocycles. The maximum Gasteiger partial charge on any atom is 1.00 e. The van der Waals surface area contributed by atoms with E-state index >= 15 is 0 Å². The molecule has 0 spiro atoms. The first-order chi connectivity index (χ1) is 65.3. The number of aromatic nitrogens is 4. The van der Waals surface area contributed by atoms with Gasteiger partial charge >= 0.3 is 280 Å². The molecule has 12 rings (SSSR count). The smallest absolute Gasteiger partial charge is 0.871 e. The summed E-state index contributed by atoms with van der Waals surface area (Å²) < 4.78 is 117. The van der Waals surface area contributed by atoms with Crippen LogP contribution in [-0.2, 0) is 85.4 Å². The van der Waals surface area contributed by atoms with Crippen molar-refractivity contribution >= 4 is 70.8 Å². The molecule has 12 aromatic rings. The van der Waals surface area contributed by atoms with Crippen LogP contribution in [0.3, 0.4) is 0 Å². The zero-order valence-corrected chi connectivity index (χ0v) is 97.4. The van der Waals surface area contributed by atoms with Gasteiger partial charge < -0.3 is 130 Å². The molecule has 146 heavy (non-hydrogen) atoms. The largest absolute Gasteiger partial charge is 1.00 e. The SMILES string of the molecule is COc1ccccc1Cc1cccc([C@H](CC(=O)[O-])NC(=O)Nc2c([O-])ccn(C)c2=O)c1.Cn1ccc([O-])c(NC(=O)N[C@@H](CC(=O)[O-])c2cccc(Cc3ccc(C(F)(F)F)cc3)c2)c1=O.Cn1ccc([O-])c(NC(=O)N[C@@H](CC(=O)[O-])c2cccc(Cc3cccc(C(F)(F)F)c3)c2)c1=O.Cn1ccc([O-])c(NC(=O)N[C@@H](CC(=O)[O-])c2cccc(Cc3ccccc3OC(F)F)c2)c1=O.[Na+].[Na+].[Na+].[Na+].[Na+].[Na+].[Na+].[Na+]. The summed E-state index contributed by atoms with van der Waals surface area (Å²) >= 11 is 0. The number of nitrogens with one attached hydrogen (secondary N) is 8. The van der Waals surface area contributed by atoms with E-state index in [4.69, 9.17) is 4.74 Å². The number of urea groups is 4. The summed E-state index contributed by atoms with van der Waals surface area (Å²) in [6.07, 6.45) is -5.12. The summed E-state index contributed by atoms with van der Waals surface area (Å²) in [7, 11) is 7.21. The van der Waals surface area contributed by atoms with Crippen molar-refractivity contribution in [1.82, 2.24) is 39.5 Å². The summed E-state index contributed by atoms with van der Waals surface area (Å²) in [5.41, 5.74) is 0.483. The summed E-state index contributed by atoms with van der Waals surface area (Å²) in [6, 6.07) is 46.1. The number of carbonyl (C=O) groups excluding carboxylic acids is 8. The molecule has 0 saturated carbocycles. The maximum atomic E-state index is 13.0. The Labute approximate surface area is 1010 Å². The summed E-state index contributed by atoms with van der Waals surface area (Å²) in [5, 5.41) is 112. The van der Waals surface area contributed by atoms with E-state index in [-0.39, 0.29) is 261 Å². The van der Waals surface area contributed by atoms with Crippen LogP contribution in [-0.4, -0.2) is 80.0 Å². The molecule has 34 nitrogen and oxygen atoms in total. The number of aliphatic carboxylic acids is 4. The Morgan fingerprint density at radius 3 is 0.842 bits per heavy atom. The molecule has 0 saturated heterocycles. The fourth-order valence-electron chi connectivity index (χ4n) is 13.8. The molecular weight excluding hydrogens is 2010 g/mol. The van der Waals surface area contributed by atoms with Crippen molar-refractivity contribution in [2.45, 2.75) is 94.5 Å². The van der Waals surface area contributed by atoms with Crippen LogP contribution in [0.4, 0.5) is 77.1 Å². The van der Waals surface area contributed by atoms with Crippen molar-refractivity contribution < 1.29 is 360 Å². The van der Waals surface area contributed by atoms with E-state index in [1.165, 1.54) is 89.4 Å². The number of nitrogens with zero attached hydrogens (tertiary/aromatic N) is 4. The van der Waals surface area contributed by atoms with Gasteiger partial charge in [-0.3, -0.25) is 19.2 Å². The molecule has 0 aliphatic carbocycles. The predicted octanol–water partition coefficient (Wildman–Crippen LogP) is -17.1. The topological polar surface area (TPSA) is 524 Å². The van der Waals surface area contributed by atoms with E-state index in [1.54, 1.807) is 110 Å². The molecule has 724 valence electrons. The molecule has 4 aromatic heterocycles. The molecule has 4 heterocycles. The van der Waals surface area contributed by atoms with E-state index in [0.717, 1.165) is 83.7 Å². The number of carbonyl (C=O) groups is 8. The molecule has 0 radical (unpaired) electrons. The molecule has 0 bridgehead atoms. The molecule has 0 unspecified atom stereocenters. The standard InChI is InChI=1S/2C24H22F3N3O5.C24H23F2N3O6.C24H25N3O6.8Na/c1-30-9-8-19(31)21(22(30)34)29-23(35)28-18(13-20(32)33)16-6-2-4-14(11-16)10-15-5-3-7-17(12-15)24(25,26)27;1-30-10-9-19(31)21(22(30)34)29-23(35)28-18(13-20(32)33)16-4-2-3-15(12-16)11-14-5-7-17(8-6-14)24(25,26)27;1-29-10-9-18(30)21(22(29)33)28-24(34)27-17(13-20(31)32)15-7-4-5-14(11-15)12-16-6-2-3-8-19(16)35-23(25)26;1-27-11-10-19(28)22(23(27)31)26-24(32)25-18(14-21(29)30)16-8-5-6-15(12-16)13-17-7-3-4-9-20(17)33-2;;;;;;;;/h2-9,11-12,18,31H,10,13H2,1H3,(H,32,33)(H2,28,29,35);2-10,12,18,31H,11,13H2,1H3,(H,32,33)(H2,28,29,35);2-11,17,23,30H,12-13H2,1H3,(H,31,32)(H2,27,28,34);3-12,18,28H,13-14H2,1-2H3,(H,29,30)(H2,25,26,32);;;;;;;;/q;;;;8*+1/p-8/t2*18-;17-;18-;;;;;;;;/m0000......../s1. The Kier molecular flexibility index (Phi) is 59.4. The van der Waals surface area contributed by atoms with E-state index in [2.05, 4.69) is 47.3 Å². The van der Waals surface area contributed by atoms with Gasteiger partial charge in [-0.15, -0.1) is 0 Å². The molecule has 8 amide bonds. The number of halogens is 8. The minimum absolute atomic E-state index is 0. The number of aryl methyl sites for hydroxylation is 4. The van der Waals surface area contributed by atoms with Crippen LogP contribution in [0, 0.1) is 0 Å². The minimum Gasteiger partial charge on any atom is -0.871 e. The van der Waals surface area contributed by atoms with Gasteiger partial charge in [0, 0.05) is 115 Å². The third kappa shape index (κ3) is 42.3. The number of carboxylic acid groups (broad SMARTS) is 4. The van der Waals surface area contributed by atoms with Crippen LogP contribution in [0.25, 0.3) is 0 Å². The fraction of sp³-hybridized carbons (Fsp3) is 0.208. The number of ether oxygens (including phenoxy) is 2. The first kappa shape index (κ1) is 135. The molecule has 0 fully saturated rings. The number of anilines is 4. The molecule has 0 aliphatic rings. The van der Waals surface area contributed by atoms with Gasteiger partial charge in [-0.1, -0.05) is 211 Å². The van der Waals surface area contributed by atoms with E-state index < -0.39 is 196 Å². The van der Waals surface area contributed by atoms with Crippen molar-refractivity contribution in [3.8, 4) is 34.5 Å². The predicted molar refractivity (Wildman–Crippen MR) is 469 cm³/mol. The van der Waals surface area contributed by atoms with Crippen LogP contribution in [0.1, 0.15) is 128 Å². The molecule has 8 N–H and O–H groups in total. The number of methoxy groups -OCH3 is 1. The average molecular weight is 2090 g/mol. The van der Waals surface area contributed by atoms with E-state index in [1.807, 2.05) is 30.3 Å². The Balaban J connectivity index is 0.000000956. The van der Waals surface area contributed by atoms with Crippen molar-refractivity contribution in [2.24, 2.45) is 28.2 Å². The van der Waals surface area contributed by atoms with Crippen molar-refractivity contribution in [1.29, 1.82) is 0 Å². The number of alkyl halides is 8. The quantitative estimate of drug-likeness (QED) is 0.0148. The summed E-state index contributed by atoms with van der Waals surface area (Å²) in [4.78, 5) is 144. The number of rotatable bonds is 31. The molecule has 50 heteroatoms. The van der Waals surface area contributed by atoms with Crippen LogP contribution in [0.5, 0.6) is 34.5 Å². The normalized spacial score (nSPS) is 11.2. The van der Waals surface area contributed by atoms with Gasteiger partial charge in [-0.25, -0.2) is 19.2 Å². The Morgan fingerprint density at radius 2 is 0.568 bits per heavy atom. The van der Waals surface area contributed by atoms with Gasteiger partial charge in [0.2, 0.25) is 0 Å². The van der Waals surface area contributed by atoms with E-state index in [0.29, 0.717) is 62.1 Å². The van der Waals surface area contributed by atoms with Crippen molar-refractivity contribution in [3.63, 3.8) is 0 Å². The van der Waals surface area contributed by atoms with Gasteiger partial charge in [0.25, 0.3) is 22.2 Å². The van der Waals surface area contributed by atoms with Crippen LogP contribution >= 0.6 is 0 Å². The Bertz CT molecular complexity index is 6710. The molecular formula is C96H84F8N12Na8O22. The average Bonchev–Trinajstić information content (AvgIpc) is 0.834. The first-order valence-electron chi connectivity index (χ1n) is 41.2. The van der Waals surface area contributed by atoms with Gasteiger partial charge in [0.15, 0.2) is 0 Å². The van der Waals surface area contributed by atoms with Crippen LogP contribution < -0.4 is 352 Å². The van der Waals surface area contributed by atoms with Crippen LogP contribution in [0.2, 0.25) is 0 Å². The summed E-state index contributed by atoms with van der Waals surface area (Å²) in [6.45, 7) is -2.99. The third-order valence-corrected chi connectivity index (χ3v) is 20.5. The van der Waals surface area contributed by atoms with Gasteiger partial charge in [0.1, 0.15) is 34.2 Å². The number of benzene rings is 8. The fourth-order valence-corrected chi connectivity index (χ4v) is 13.8. The second kappa shape index (κ2) is 64.3. The van der Waals surface area contributed by atoms with Gasteiger partial charge in [-0.05, 0) is 110 Å². The number of hydrogen-bond acceptors (Lipinski definition) is 22. The second-order valence-electron chi connectivity index (χ2n) is 30.7. The van der Waals surface area contributed by atoms with Gasteiger partial charge in [-0.2, -0.15) is 35.1 Å². The number of para-hydroxylation sites is 2. The van der Waals surface area contributed by atoms with Crippen LogP contribution in [0.15, 0.2) is 262 Å². The zero-order valence-electron chi connectivity index (χ0n) is 81.4. The summed E-state index contributed by atoms with van der Waals surface area (Å²) in [5.74, 6) is -7.79. The monoisotopic (exact) mass is 2090 g/mol. The maximum absolute atomic E-state index is 13.0. The Morgan fingerprint density at radius 1 is 0.315 bits per heavy atom. The zero-order chi connectivity index (χ0) is 101. The number of hydrogen-bond donors (Lipinski definition) is 8. The Hall–Kier alpha value is -9.24. The second-order valence-corrected chi connectivity index (χ2v) is 30.7.